The lowest BCUT2D eigenvalue weighted by Crippen LogP contribution is -2.49. The number of carbonyl (C=O) groups excluding carboxylic acids is 1. The zero-order valence-electron chi connectivity index (χ0n) is 20.5. The van der Waals surface area contributed by atoms with Crippen LogP contribution < -0.4 is 10.6 Å². The Balaban J connectivity index is 1.65. The molecule has 4 N–H and O–H groups in total. The van der Waals surface area contributed by atoms with E-state index in [0.29, 0.717) is 38.7 Å². The summed E-state index contributed by atoms with van der Waals surface area (Å²) in [7, 11) is 1.69. The van der Waals surface area contributed by atoms with Crippen molar-refractivity contribution in [3.05, 3.63) is 89.2 Å². The second-order valence-electron chi connectivity index (χ2n) is 9.36. The highest BCUT2D eigenvalue weighted by atomic mass is 35.5. The number of hydrogen-bond acceptors (Lipinski definition) is 6. The van der Waals surface area contributed by atoms with E-state index < -0.39 is 5.54 Å². The molecular weight excluding hydrogens is 488 g/mol. The maximum Gasteiger partial charge on any atom is 0.246 e. The van der Waals surface area contributed by atoms with E-state index in [1.807, 2.05) is 36.4 Å². The summed E-state index contributed by atoms with van der Waals surface area (Å²) < 4.78 is 0. The van der Waals surface area contributed by atoms with Gasteiger partial charge in [0.1, 0.15) is 0 Å². The van der Waals surface area contributed by atoms with Gasteiger partial charge in [-0.1, -0.05) is 23.7 Å². The predicted octanol–water partition coefficient (Wildman–Crippen LogP) is 5.34. The van der Waals surface area contributed by atoms with Crippen LogP contribution in [0.15, 0.2) is 78.0 Å². The number of halogens is 1. The van der Waals surface area contributed by atoms with E-state index in [0.717, 1.165) is 16.5 Å². The highest BCUT2D eigenvalue weighted by Crippen LogP contribution is 2.33. The van der Waals surface area contributed by atoms with Gasteiger partial charge in [0.25, 0.3) is 0 Å². The Kier molecular flexibility index (Phi) is 6.15. The van der Waals surface area contributed by atoms with Crippen molar-refractivity contribution in [2.75, 3.05) is 11.9 Å². The molecule has 3 aromatic carbocycles. The van der Waals surface area contributed by atoms with Crippen LogP contribution >= 0.6 is 11.6 Å². The number of H-pyrrole nitrogens is 1. The number of nitrogens with zero attached hydrogens (tertiary/aromatic N) is 4. The number of hydrogen-bond donors (Lipinski definition) is 3. The van der Waals surface area contributed by atoms with Gasteiger partial charge < -0.3 is 20.7 Å². The summed E-state index contributed by atoms with van der Waals surface area (Å²) in [5.41, 5.74) is 10.3. The van der Waals surface area contributed by atoms with Crippen LogP contribution in [0.25, 0.3) is 21.9 Å². The molecular formula is C28H25ClN6O2. The summed E-state index contributed by atoms with van der Waals surface area (Å²) in [4.78, 5) is 30.8. The van der Waals surface area contributed by atoms with Gasteiger partial charge in [0.15, 0.2) is 5.88 Å². The van der Waals surface area contributed by atoms with Crippen molar-refractivity contribution in [2.24, 2.45) is 10.7 Å². The Morgan fingerprint density at radius 3 is 2.43 bits per heavy atom. The van der Waals surface area contributed by atoms with Crippen molar-refractivity contribution in [3.63, 3.8) is 0 Å². The predicted molar refractivity (Wildman–Crippen MR) is 148 cm³/mol. The average molecular weight is 513 g/mol. The molecule has 0 aliphatic rings. The first-order valence-corrected chi connectivity index (χ1v) is 12.0. The number of aliphatic imine (C=N–C) groups is 1. The van der Waals surface area contributed by atoms with E-state index in [9.17, 15) is 9.90 Å². The number of fused-ring (bicyclic) bond motifs is 2. The molecule has 0 aliphatic heterocycles. The van der Waals surface area contributed by atoms with Gasteiger partial charge in [0.2, 0.25) is 5.91 Å². The fourth-order valence-electron chi connectivity index (χ4n) is 4.20. The van der Waals surface area contributed by atoms with E-state index in [-0.39, 0.29) is 11.8 Å². The van der Waals surface area contributed by atoms with Crippen molar-refractivity contribution in [1.82, 2.24) is 15.0 Å². The number of aromatic nitrogens is 3. The second-order valence-corrected chi connectivity index (χ2v) is 9.80. The summed E-state index contributed by atoms with van der Waals surface area (Å²) in [5, 5.41) is 12.3. The minimum atomic E-state index is -0.993. The summed E-state index contributed by atoms with van der Waals surface area (Å²) in [6, 6.07) is 18.3. The van der Waals surface area contributed by atoms with Gasteiger partial charge in [-0.3, -0.25) is 14.8 Å². The molecule has 0 radical (unpaired) electrons. The molecule has 8 nitrogen and oxygen atoms in total. The lowest BCUT2D eigenvalue weighted by molar-refractivity contribution is -0.122. The summed E-state index contributed by atoms with van der Waals surface area (Å²) in [5.74, 6) is -0.230. The van der Waals surface area contributed by atoms with Crippen molar-refractivity contribution in [3.8, 4) is 5.88 Å². The first-order chi connectivity index (χ1) is 17.6. The molecule has 0 aliphatic carbocycles. The van der Waals surface area contributed by atoms with Crippen LogP contribution in [0.2, 0.25) is 5.02 Å². The zero-order valence-corrected chi connectivity index (χ0v) is 21.3. The van der Waals surface area contributed by atoms with Crippen LogP contribution in [0.1, 0.15) is 25.0 Å². The summed E-state index contributed by atoms with van der Waals surface area (Å²) >= 11 is 6.18. The monoisotopic (exact) mass is 512 g/mol. The van der Waals surface area contributed by atoms with Gasteiger partial charge in [-0.2, -0.15) is 0 Å². The number of aromatic amines is 1. The molecule has 0 atom stereocenters. The highest BCUT2D eigenvalue weighted by Gasteiger charge is 2.26. The largest absolute Gasteiger partial charge is 0.494 e. The minimum Gasteiger partial charge on any atom is -0.494 e. The molecule has 5 aromatic rings. The molecule has 2 heterocycles. The highest BCUT2D eigenvalue weighted by molar-refractivity contribution is 6.31. The van der Waals surface area contributed by atoms with Crippen molar-refractivity contribution >= 4 is 56.5 Å². The SMILES string of the molecule is CN(C(=O)C(C)(C)N)c1ccc(N=C(c2ccc3nccnc3c2)c2c(O)[nH]c3cc(Cl)ccc23)cc1. The molecule has 186 valence electrons. The van der Waals surface area contributed by atoms with Gasteiger partial charge >= 0.3 is 0 Å². The minimum absolute atomic E-state index is 0.0256. The molecule has 1 amide bonds. The molecule has 0 bridgehead atoms. The molecule has 0 unspecified atom stereocenters. The summed E-state index contributed by atoms with van der Waals surface area (Å²) in [6.45, 7) is 3.34. The first-order valence-electron chi connectivity index (χ1n) is 11.6. The van der Waals surface area contributed by atoms with E-state index in [1.54, 1.807) is 57.6 Å². The van der Waals surface area contributed by atoms with Crippen molar-refractivity contribution < 1.29 is 9.90 Å². The molecule has 0 fully saturated rings. The molecule has 37 heavy (non-hydrogen) atoms. The maximum absolute atomic E-state index is 12.6. The number of likely N-dealkylation sites (N-methyl/N-ethyl adjacent to an activating group) is 1. The van der Waals surface area contributed by atoms with Crippen LogP contribution in [0, 0.1) is 0 Å². The van der Waals surface area contributed by atoms with Gasteiger partial charge in [-0.05, 0) is 62.4 Å². The zero-order chi connectivity index (χ0) is 26.3. The Hall–Kier alpha value is -4.27. The normalized spacial score (nSPS) is 12.3. The number of rotatable bonds is 5. The standard InChI is InChI=1S/C28H25ClN6O2/c1-28(2,30)27(37)35(3)19-8-6-18(7-9-19)33-25(16-4-11-21-23(14-16)32-13-12-31-21)24-20-10-5-17(29)15-22(20)34-26(24)36/h4-15,34,36H,30H2,1-3H3. The topological polar surface area (TPSA) is 120 Å². The number of nitrogens with two attached hydrogens (primary N) is 1. The smallest absolute Gasteiger partial charge is 0.246 e. The average Bonchev–Trinajstić information content (AvgIpc) is 3.20. The van der Waals surface area contributed by atoms with E-state index in [4.69, 9.17) is 22.3 Å². The maximum atomic E-state index is 12.6. The molecule has 9 heteroatoms. The Morgan fingerprint density at radius 2 is 1.73 bits per heavy atom. The Labute approximate surface area is 218 Å². The number of benzene rings is 3. The number of anilines is 1. The molecule has 0 saturated heterocycles. The van der Waals surface area contributed by atoms with E-state index >= 15 is 0 Å². The van der Waals surface area contributed by atoms with Crippen LogP contribution in [0.5, 0.6) is 5.88 Å². The van der Waals surface area contributed by atoms with Crippen molar-refractivity contribution in [2.45, 2.75) is 19.4 Å². The molecule has 5 rings (SSSR count). The molecule has 0 saturated carbocycles. The third kappa shape index (κ3) is 4.76. The van der Waals surface area contributed by atoms with Gasteiger partial charge in [-0.15, -0.1) is 0 Å². The van der Waals surface area contributed by atoms with E-state index in [1.165, 1.54) is 4.90 Å². The third-order valence-corrected chi connectivity index (χ3v) is 6.29. The lowest BCUT2D eigenvalue weighted by Gasteiger charge is -2.25. The number of aromatic hydroxyl groups is 1. The number of nitrogens with one attached hydrogen (secondary N) is 1. The summed E-state index contributed by atoms with van der Waals surface area (Å²) in [6.07, 6.45) is 3.27. The van der Waals surface area contributed by atoms with Gasteiger partial charge in [0, 0.05) is 41.1 Å². The lowest BCUT2D eigenvalue weighted by atomic mass is 10.00. The quantitative estimate of drug-likeness (QED) is 0.274. The second kappa shape index (κ2) is 9.31. The van der Waals surface area contributed by atoms with Crippen LogP contribution in [0.4, 0.5) is 11.4 Å². The number of carbonyl (C=O) groups is 1. The third-order valence-electron chi connectivity index (χ3n) is 6.05. The number of amides is 1. The van der Waals surface area contributed by atoms with Gasteiger partial charge in [-0.25, -0.2) is 4.99 Å². The van der Waals surface area contributed by atoms with Crippen LogP contribution in [0.3, 0.4) is 0 Å². The Bertz CT molecular complexity index is 1670. The Morgan fingerprint density at radius 1 is 1.03 bits per heavy atom. The fourth-order valence-corrected chi connectivity index (χ4v) is 4.37. The first kappa shape index (κ1) is 24.4. The van der Waals surface area contributed by atoms with E-state index in [2.05, 4.69) is 15.0 Å². The van der Waals surface area contributed by atoms with Gasteiger partial charge in [0.05, 0.1) is 39.1 Å². The fraction of sp³-hybridized carbons (Fsp3) is 0.143. The van der Waals surface area contributed by atoms with Crippen LogP contribution in [-0.4, -0.2) is 44.3 Å². The molecule has 2 aromatic heterocycles. The van der Waals surface area contributed by atoms with Crippen molar-refractivity contribution in [1.29, 1.82) is 0 Å². The molecule has 0 spiro atoms. The van der Waals surface area contributed by atoms with Crippen LogP contribution in [-0.2, 0) is 4.79 Å².